The van der Waals surface area contributed by atoms with Gasteiger partial charge < -0.3 is 21.1 Å². The molecule has 1 aromatic rings. The largest absolute Gasteiger partial charge is 0.401 e. The van der Waals surface area contributed by atoms with E-state index in [9.17, 15) is 4.79 Å². The fourth-order valence-corrected chi connectivity index (χ4v) is 2.68. The third-order valence-electron chi connectivity index (χ3n) is 4.02. The number of allylic oxidation sites excluding steroid dienone is 1. The van der Waals surface area contributed by atoms with E-state index in [0.717, 1.165) is 25.1 Å². The minimum atomic E-state index is -0.603. The Balaban J connectivity index is 1.61. The molecule has 2 fully saturated rings. The second kappa shape index (κ2) is 7.29. The molecule has 1 atom stereocenters. The van der Waals surface area contributed by atoms with Gasteiger partial charge in [0.1, 0.15) is 11.8 Å². The van der Waals surface area contributed by atoms with E-state index < -0.39 is 5.91 Å². The Hall–Kier alpha value is -1.96. The minimum absolute atomic E-state index is 0.0289. The number of pyridine rings is 1. The molecule has 8 heteroatoms. The monoisotopic (exact) mass is 349 g/mol. The summed E-state index contributed by atoms with van der Waals surface area (Å²) < 4.78 is 5.63. The number of aromatic nitrogens is 1. The fourth-order valence-electron chi connectivity index (χ4n) is 2.44. The number of amides is 1. The second-order valence-electron chi connectivity index (χ2n) is 5.91. The summed E-state index contributed by atoms with van der Waals surface area (Å²) >= 11 is 6.03. The maximum absolute atomic E-state index is 12.1. The lowest BCUT2D eigenvalue weighted by Crippen LogP contribution is -2.33. The highest BCUT2D eigenvalue weighted by atomic mass is 35.5. The summed E-state index contributed by atoms with van der Waals surface area (Å²) in [7, 11) is 0. The third-order valence-corrected chi connectivity index (χ3v) is 4.43. The number of rotatable bonds is 5. The Morgan fingerprint density at radius 2 is 2.25 bits per heavy atom. The molecule has 5 N–H and O–H groups in total. The lowest BCUT2D eigenvalue weighted by atomic mass is 10.2. The molecule has 0 radical (unpaired) electrons. The maximum Gasteiger partial charge on any atom is 0.275 e. The van der Waals surface area contributed by atoms with E-state index in [-0.39, 0.29) is 22.8 Å². The van der Waals surface area contributed by atoms with E-state index in [4.69, 9.17) is 27.5 Å². The van der Waals surface area contributed by atoms with Gasteiger partial charge in [-0.15, -0.1) is 0 Å². The first-order valence-electron chi connectivity index (χ1n) is 7.90. The summed E-state index contributed by atoms with van der Waals surface area (Å²) in [6.45, 7) is 2.20. The van der Waals surface area contributed by atoms with Gasteiger partial charge in [-0.3, -0.25) is 15.2 Å². The summed E-state index contributed by atoms with van der Waals surface area (Å²) in [6.07, 6.45) is 3.37. The third kappa shape index (κ3) is 3.92. The molecule has 2 aliphatic rings. The van der Waals surface area contributed by atoms with Crippen LogP contribution in [0.5, 0.6) is 0 Å². The van der Waals surface area contributed by atoms with Crippen LogP contribution < -0.4 is 16.4 Å². The molecule has 1 saturated heterocycles. The first-order valence-corrected chi connectivity index (χ1v) is 8.27. The van der Waals surface area contributed by atoms with Crippen LogP contribution in [-0.2, 0) is 9.53 Å². The van der Waals surface area contributed by atoms with E-state index in [2.05, 4.69) is 15.6 Å². The molecule has 0 aromatic carbocycles. The Labute approximate surface area is 145 Å². The Morgan fingerprint density at radius 1 is 1.46 bits per heavy atom. The summed E-state index contributed by atoms with van der Waals surface area (Å²) in [5.41, 5.74) is 7.24. The van der Waals surface area contributed by atoms with Crippen molar-refractivity contribution < 1.29 is 9.53 Å². The molecular weight excluding hydrogens is 330 g/mol. The predicted octanol–water partition coefficient (Wildman–Crippen LogP) is 1.52. The molecule has 1 amide bonds. The van der Waals surface area contributed by atoms with Gasteiger partial charge in [0, 0.05) is 24.7 Å². The van der Waals surface area contributed by atoms with Crippen LogP contribution in [0.3, 0.4) is 0 Å². The normalized spacial score (nSPS) is 21.8. The van der Waals surface area contributed by atoms with Crippen LogP contribution in [-0.4, -0.2) is 36.3 Å². The van der Waals surface area contributed by atoms with Crippen LogP contribution in [0.1, 0.15) is 24.6 Å². The highest BCUT2D eigenvalue weighted by Gasteiger charge is 2.28. The Kier molecular flexibility index (Phi) is 5.13. The highest BCUT2D eigenvalue weighted by Crippen LogP contribution is 2.36. The Morgan fingerprint density at radius 3 is 2.83 bits per heavy atom. The number of carbonyl (C=O) groups is 1. The van der Waals surface area contributed by atoms with E-state index in [0.29, 0.717) is 24.5 Å². The molecule has 1 aliphatic heterocycles. The quantitative estimate of drug-likeness (QED) is 0.602. The van der Waals surface area contributed by atoms with Gasteiger partial charge in [0.25, 0.3) is 5.91 Å². The molecule has 24 heavy (non-hydrogen) atoms. The van der Waals surface area contributed by atoms with Gasteiger partial charge >= 0.3 is 0 Å². The van der Waals surface area contributed by atoms with Gasteiger partial charge in [-0.1, -0.05) is 11.6 Å². The molecular formula is C16H20ClN5O2. The second-order valence-corrected chi connectivity index (χ2v) is 6.29. The lowest BCUT2D eigenvalue weighted by Gasteiger charge is -2.23. The van der Waals surface area contributed by atoms with Gasteiger partial charge in [0.05, 0.1) is 29.2 Å². The summed E-state index contributed by atoms with van der Waals surface area (Å²) in [6, 6.07) is 3.53. The number of morpholine rings is 1. The van der Waals surface area contributed by atoms with Gasteiger partial charge in [0.2, 0.25) is 0 Å². The molecule has 3 rings (SSSR count). The maximum atomic E-state index is 12.1. The van der Waals surface area contributed by atoms with Crippen molar-refractivity contribution in [2.45, 2.75) is 18.9 Å². The first kappa shape index (κ1) is 16.9. The molecule has 7 nitrogen and oxygen atoms in total. The van der Waals surface area contributed by atoms with Crippen molar-refractivity contribution in [3.63, 3.8) is 0 Å². The van der Waals surface area contributed by atoms with Crippen molar-refractivity contribution in [1.29, 1.82) is 5.41 Å². The van der Waals surface area contributed by atoms with E-state index >= 15 is 0 Å². The van der Waals surface area contributed by atoms with Crippen molar-refractivity contribution >= 4 is 28.9 Å². The first-order chi connectivity index (χ1) is 11.6. The number of nitrogens with zero attached hydrogens (tertiary/aromatic N) is 1. The smallest absolute Gasteiger partial charge is 0.275 e. The topological polar surface area (TPSA) is 113 Å². The molecule has 0 spiro atoms. The number of ether oxygens (including phenoxy) is 1. The molecule has 0 bridgehead atoms. The fraction of sp³-hybridized carbons (Fsp3) is 0.438. The number of hydrogen-bond acceptors (Lipinski definition) is 6. The number of carbonyl (C=O) groups excluding carboxylic acids is 1. The number of anilines is 1. The highest BCUT2D eigenvalue weighted by molar-refractivity contribution is 6.60. The van der Waals surface area contributed by atoms with Crippen molar-refractivity contribution in [2.24, 2.45) is 11.7 Å². The number of hydrogen-bond donors (Lipinski definition) is 4. The van der Waals surface area contributed by atoms with E-state index in [1.807, 2.05) is 0 Å². The SMILES string of the molecule is N=C(C(=O)Nc1ccc([C@@H]2CNCCO2)nc1)C(Cl)=C(N)C1CC1. The molecule has 0 unspecified atom stereocenters. The average Bonchev–Trinajstić information content (AvgIpc) is 3.46. The molecule has 128 valence electrons. The predicted molar refractivity (Wildman–Crippen MR) is 91.9 cm³/mol. The van der Waals surface area contributed by atoms with Crippen molar-refractivity contribution in [3.05, 3.63) is 34.8 Å². The van der Waals surface area contributed by atoms with Crippen LogP contribution >= 0.6 is 11.6 Å². The van der Waals surface area contributed by atoms with Crippen LogP contribution in [0, 0.1) is 11.3 Å². The van der Waals surface area contributed by atoms with Gasteiger partial charge in [-0.25, -0.2) is 0 Å². The minimum Gasteiger partial charge on any atom is -0.401 e. The lowest BCUT2D eigenvalue weighted by molar-refractivity contribution is -0.110. The summed E-state index contributed by atoms with van der Waals surface area (Å²) in [4.78, 5) is 16.4. The van der Waals surface area contributed by atoms with Gasteiger partial charge in [0.15, 0.2) is 0 Å². The van der Waals surface area contributed by atoms with Crippen LogP contribution in [0.15, 0.2) is 29.1 Å². The number of nitrogens with one attached hydrogen (secondary N) is 3. The standard InChI is InChI=1S/C16H20ClN5O2/c17-13(14(18)9-1-2-9)15(19)16(23)22-10-3-4-11(21-7-10)12-8-20-5-6-24-12/h3-4,7,9,12,19-20H,1-2,5-6,8,18H2,(H,22,23)/t12-/m0/s1. The Bertz CT molecular complexity index is 664. The van der Waals surface area contributed by atoms with Crippen LogP contribution in [0.4, 0.5) is 5.69 Å². The zero-order valence-electron chi connectivity index (χ0n) is 13.1. The molecule has 2 heterocycles. The average molecular weight is 350 g/mol. The van der Waals surface area contributed by atoms with E-state index in [1.165, 1.54) is 0 Å². The summed E-state index contributed by atoms with van der Waals surface area (Å²) in [5.74, 6) is -0.399. The van der Waals surface area contributed by atoms with Crippen molar-refractivity contribution in [2.75, 3.05) is 25.0 Å². The van der Waals surface area contributed by atoms with Crippen molar-refractivity contribution in [1.82, 2.24) is 10.3 Å². The summed E-state index contributed by atoms with van der Waals surface area (Å²) in [5, 5.41) is 13.8. The number of nitrogens with two attached hydrogens (primary N) is 1. The number of halogens is 1. The van der Waals surface area contributed by atoms with E-state index in [1.54, 1.807) is 18.3 Å². The zero-order chi connectivity index (χ0) is 17.1. The molecule has 1 saturated carbocycles. The molecule has 1 aliphatic carbocycles. The zero-order valence-corrected chi connectivity index (χ0v) is 13.9. The molecule has 1 aromatic heterocycles. The van der Waals surface area contributed by atoms with Crippen LogP contribution in [0.25, 0.3) is 0 Å². The van der Waals surface area contributed by atoms with Crippen molar-refractivity contribution in [3.8, 4) is 0 Å². The van der Waals surface area contributed by atoms with Gasteiger partial charge in [-0.2, -0.15) is 0 Å². The van der Waals surface area contributed by atoms with Crippen LogP contribution in [0.2, 0.25) is 0 Å². The van der Waals surface area contributed by atoms with Gasteiger partial charge in [-0.05, 0) is 25.0 Å².